The molecule has 0 saturated heterocycles. The molecule has 2 nitrogen and oxygen atoms in total. The molecule has 2 heteroatoms. The maximum atomic E-state index is 4.64. The van der Waals surface area contributed by atoms with Crippen molar-refractivity contribution in [1.29, 1.82) is 0 Å². The number of rotatable bonds is 1. The zero-order valence-corrected chi connectivity index (χ0v) is 9.55. The first-order chi connectivity index (χ1) is 5.82. The van der Waals surface area contributed by atoms with Gasteiger partial charge in [0.05, 0.1) is 5.69 Å². The minimum absolute atomic E-state index is 0.141. The maximum absolute atomic E-state index is 4.64. The van der Waals surface area contributed by atoms with Crippen LogP contribution in [0.5, 0.6) is 0 Å². The summed E-state index contributed by atoms with van der Waals surface area (Å²) in [5.74, 6) is 1.68. The molecule has 0 aliphatic carbocycles. The van der Waals surface area contributed by atoms with Crippen molar-refractivity contribution in [2.75, 3.05) is 0 Å². The quantitative estimate of drug-likeness (QED) is 0.650. The lowest BCUT2D eigenvalue weighted by Gasteiger charge is -2.17. The van der Waals surface area contributed by atoms with E-state index >= 15 is 0 Å². The molecule has 0 saturated carbocycles. The summed E-state index contributed by atoms with van der Waals surface area (Å²) in [6.45, 7) is 10.9. The first-order valence-corrected chi connectivity index (χ1v) is 4.86. The van der Waals surface area contributed by atoms with E-state index in [4.69, 9.17) is 0 Å². The van der Waals surface area contributed by atoms with E-state index < -0.39 is 0 Å². The van der Waals surface area contributed by atoms with Gasteiger partial charge in [0.15, 0.2) is 0 Å². The van der Waals surface area contributed by atoms with Gasteiger partial charge in [0, 0.05) is 18.7 Å². The molecule has 1 aromatic rings. The Balaban J connectivity index is 3.11. The summed E-state index contributed by atoms with van der Waals surface area (Å²) in [4.78, 5) is 4.64. The van der Waals surface area contributed by atoms with Crippen LogP contribution in [-0.4, -0.2) is 9.55 Å². The monoisotopic (exact) mass is 180 g/mol. The number of aromatic nitrogens is 2. The molecule has 0 atom stereocenters. The van der Waals surface area contributed by atoms with E-state index in [-0.39, 0.29) is 5.41 Å². The number of hydrogen-bond acceptors (Lipinski definition) is 1. The lowest BCUT2D eigenvalue weighted by atomic mass is 9.96. The molecule has 0 aromatic carbocycles. The molecule has 0 unspecified atom stereocenters. The predicted octanol–water partition coefficient (Wildman–Crippen LogP) is 2.84. The summed E-state index contributed by atoms with van der Waals surface area (Å²) in [5.41, 5.74) is 1.33. The van der Waals surface area contributed by atoms with Crippen LogP contribution in [0.4, 0.5) is 0 Å². The molecule has 0 aliphatic heterocycles. The van der Waals surface area contributed by atoms with Gasteiger partial charge in [0.1, 0.15) is 5.82 Å². The molecule has 1 aromatic heterocycles. The molecule has 0 bridgehead atoms. The molecule has 0 radical (unpaired) electrons. The second kappa shape index (κ2) is 3.17. The number of hydrogen-bond donors (Lipinski definition) is 0. The van der Waals surface area contributed by atoms with Crippen molar-refractivity contribution in [3.63, 3.8) is 0 Å². The van der Waals surface area contributed by atoms with E-state index in [0.29, 0.717) is 5.92 Å². The standard InChI is InChI=1S/C11H20N2/c1-8(2)9-7-13(6)10(12-9)11(3,4)5/h7-8H,1-6H3. The highest BCUT2D eigenvalue weighted by Crippen LogP contribution is 2.23. The fraction of sp³-hybridized carbons (Fsp3) is 0.727. The molecule has 1 rings (SSSR count). The van der Waals surface area contributed by atoms with Gasteiger partial charge >= 0.3 is 0 Å². The first kappa shape index (κ1) is 10.3. The summed E-state index contributed by atoms with van der Waals surface area (Å²) in [7, 11) is 2.07. The van der Waals surface area contributed by atoms with E-state index in [1.807, 2.05) is 0 Å². The number of nitrogens with zero attached hydrogens (tertiary/aromatic N) is 2. The summed E-state index contributed by atoms with van der Waals surface area (Å²) >= 11 is 0. The van der Waals surface area contributed by atoms with Gasteiger partial charge in [-0.3, -0.25) is 0 Å². The van der Waals surface area contributed by atoms with Crippen LogP contribution in [0.3, 0.4) is 0 Å². The summed E-state index contributed by atoms with van der Waals surface area (Å²) in [5, 5.41) is 0. The van der Waals surface area contributed by atoms with Crippen molar-refractivity contribution >= 4 is 0 Å². The average Bonchev–Trinajstić information content (AvgIpc) is 2.29. The highest BCUT2D eigenvalue weighted by molar-refractivity contribution is 5.13. The smallest absolute Gasteiger partial charge is 0.114 e. The van der Waals surface area contributed by atoms with Crippen LogP contribution in [0, 0.1) is 0 Å². The predicted molar refractivity (Wildman–Crippen MR) is 56.0 cm³/mol. The second-order valence-corrected chi connectivity index (χ2v) is 5.00. The van der Waals surface area contributed by atoms with Gasteiger partial charge in [-0.05, 0) is 5.92 Å². The lowest BCUT2D eigenvalue weighted by Crippen LogP contribution is -2.17. The Kier molecular flexibility index (Phi) is 2.51. The number of imidazole rings is 1. The van der Waals surface area contributed by atoms with Gasteiger partial charge < -0.3 is 4.57 Å². The number of aryl methyl sites for hydroxylation is 1. The molecule has 1 heterocycles. The zero-order valence-electron chi connectivity index (χ0n) is 9.55. The van der Waals surface area contributed by atoms with Gasteiger partial charge in [-0.1, -0.05) is 34.6 Å². The Morgan fingerprint density at radius 1 is 1.31 bits per heavy atom. The largest absolute Gasteiger partial charge is 0.337 e. The Morgan fingerprint density at radius 2 is 1.85 bits per heavy atom. The van der Waals surface area contributed by atoms with Crippen molar-refractivity contribution < 1.29 is 0 Å². The fourth-order valence-electron chi connectivity index (χ4n) is 1.46. The molecule has 0 N–H and O–H groups in total. The van der Waals surface area contributed by atoms with Crippen LogP contribution in [0.1, 0.15) is 52.1 Å². The Hall–Kier alpha value is -0.790. The average molecular weight is 180 g/mol. The van der Waals surface area contributed by atoms with Crippen LogP contribution in [0.25, 0.3) is 0 Å². The van der Waals surface area contributed by atoms with Gasteiger partial charge in [-0.2, -0.15) is 0 Å². The molecular formula is C11H20N2. The molecular weight excluding hydrogens is 160 g/mol. The van der Waals surface area contributed by atoms with E-state index in [9.17, 15) is 0 Å². The Morgan fingerprint density at radius 3 is 2.08 bits per heavy atom. The van der Waals surface area contributed by atoms with Crippen molar-refractivity contribution in [1.82, 2.24) is 9.55 Å². The molecule has 74 valence electrons. The molecule has 0 aliphatic rings. The van der Waals surface area contributed by atoms with Crippen molar-refractivity contribution in [3.05, 3.63) is 17.7 Å². The van der Waals surface area contributed by atoms with Gasteiger partial charge in [0.25, 0.3) is 0 Å². The summed E-state index contributed by atoms with van der Waals surface area (Å²) in [6.07, 6.45) is 2.13. The minimum Gasteiger partial charge on any atom is -0.337 e. The summed E-state index contributed by atoms with van der Waals surface area (Å²) in [6, 6.07) is 0. The third kappa shape index (κ3) is 2.11. The van der Waals surface area contributed by atoms with Crippen LogP contribution >= 0.6 is 0 Å². The minimum atomic E-state index is 0.141. The van der Waals surface area contributed by atoms with Gasteiger partial charge in [0.2, 0.25) is 0 Å². The third-order valence-electron chi connectivity index (χ3n) is 2.16. The van der Waals surface area contributed by atoms with E-state index in [2.05, 4.69) is 57.4 Å². The van der Waals surface area contributed by atoms with Crippen LogP contribution in [0.15, 0.2) is 6.20 Å². The van der Waals surface area contributed by atoms with Gasteiger partial charge in [-0.15, -0.1) is 0 Å². The first-order valence-electron chi connectivity index (χ1n) is 4.86. The van der Waals surface area contributed by atoms with Crippen molar-refractivity contribution in [2.45, 2.75) is 46.0 Å². The van der Waals surface area contributed by atoms with Crippen molar-refractivity contribution in [3.8, 4) is 0 Å². The summed E-state index contributed by atoms with van der Waals surface area (Å²) < 4.78 is 2.13. The molecule has 0 spiro atoms. The molecule has 0 fully saturated rings. The van der Waals surface area contributed by atoms with Crippen LogP contribution in [-0.2, 0) is 12.5 Å². The Labute approximate surface area is 81.0 Å². The third-order valence-corrected chi connectivity index (χ3v) is 2.16. The second-order valence-electron chi connectivity index (χ2n) is 5.00. The zero-order chi connectivity index (χ0) is 10.2. The van der Waals surface area contributed by atoms with E-state index in [1.165, 1.54) is 5.69 Å². The van der Waals surface area contributed by atoms with Crippen molar-refractivity contribution in [2.24, 2.45) is 7.05 Å². The SMILES string of the molecule is CC(C)c1cn(C)c(C(C)(C)C)n1. The highest BCUT2D eigenvalue weighted by Gasteiger charge is 2.20. The fourth-order valence-corrected chi connectivity index (χ4v) is 1.46. The van der Waals surface area contributed by atoms with E-state index in [0.717, 1.165) is 5.82 Å². The highest BCUT2D eigenvalue weighted by atomic mass is 15.1. The lowest BCUT2D eigenvalue weighted by molar-refractivity contribution is 0.521. The topological polar surface area (TPSA) is 17.8 Å². The van der Waals surface area contributed by atoms with Gasteiger partial charge in [-0.25, -0.2) is 4.98 Å². The van der Waals surface area contributed by atoms with Crippen LogP contribution < -0.4 is 0 Å². The maximum Gasteiger partial charge on any atom is 0.114 e. The van der Waals surface area contributed by atoms with E-state index in [1.54, 1.807) is 0 Å². The molecule has 13 heavy (non-hydrogen) atoms. The normalized spacial score (nSPS) is 12.5. The Bertz CT molecular complexity index is 290. The molecule has 0 amide bonds. The van der Waals surface area contributed by atoms with Crippen LogP contribution in [0.2, 0.25) is 0 Å².